The van der Waals surface area contributed by atoms with Crippen LogP contribution in [-0.2, 0) is 16.6 Å². The van der Waals surface area contributed by atoms with Crippen molar-refractivity contribution in [3.05, 3.63) is 53.3 Å². The quantitative estimate of drug-likeness (QED) is 0.691. The maximum absolute atomic E-state index is 13.0. The normalized spacial score (nSPS) is 18.4. The van der Waals surface area contributed by atoms with Crippen molar-refractivity contribution in [1.82, 2.24) is 19.0 Å². The standard InChI is InChI=1S/C19H22N4O3S2/c1-14-5-2-3-8-23(14)28(25,26)17-7-4-6-15(11-17)18(24)20-12-16-13-22-9-10-27-19(22)21-16/h4,6-7,9-11,13-14H,2-3,5,8,12H2,1H3,(H,20,24). The molecule has 1 fully saturated rings. The van der Waals surface area contributed by atoms with Crippen molar-refractivity contribution < 1.29 is 13.2 Å². The monoisotopic (exact) mass is 418 g/mol. The van der Waals surface area contributed by atoms with Gasteiger partial charge in [-0.05, 0) is 38.0 Å². The first kappa shape index (κ1) is 19.1. The number of benzene rings is 1. The number of imidazole rings is 1. The van der Waals surface area contributed by atoms with Crippen molar-refractivity contribution >= 4 is 32.2 Å². The predicted octanol–water partition coefficient (Wildman–Crippen LogP) is 2.89. The Kier molecular flexibility index (Phi) is 5.22. The first-order chi connectivity index (χ1) is 13.4. The maximum atomic E-state index is 13.0. The molecule has 1 atom stereocenters. The first-order valence-corrected chi connectivity index (χ1v) is 11.6. The van der Waals surface area contributed by atoms with Crippen LogP contribution >= 0.6 is 11.3 Å². The van der Waals surface area contributed by atoms with Gasteiger partial charge in [0.15, 0.2) is 4.96 Å². The van der Waals surface area contributed by atoms with Gasteiger partial charge in [0, 0.05) is 35.9 Å². The molecule has 1 saturated heterocycles. The van der Waals surface area contributed by atoms with E-state index in [9.17, 15) is 13.2 Å². The molecule has 1 aromatic carbocycles. The summed E-state index contributed by atoms with van der Waals surface area (Å²) in [7, 11) is -3.61. The lowest BCUT2D eigenvalue weighted by Crippen LogP contribution is -2.42. The van der Waals surface area contributed by atoms with Crippen molar-refractivity contribution in [2.24, 2.45) is 0 Å². The largest absolute Gasteiger partial charge is 0.346 e. The summed E-state index contributed by atoms with van der Waals surface area (Å²) < 4.78 is 29.5. The topological polar surface area (TPSA) is 83.8 Å². The van der Waals surface area contributed by atoms with Crippen LogP contribution in [0.5, 0.6) is 0 Å². The average molecular weight is 419 g/mol. The zero-order valence-electron chi connectivity index (χ0n) is 15.5. The van der Waals surface area contributed by atoms with E-state index in [1.807, 2.05) is 29.1 Å². The number of fused-ring (bicyclic) bond motifs is 1. The van der Waals surface area contributed by atoms with E-state index in [2.05, 4.69) is 10.3 Å². The number of nitrogens with zero attached hydrogens (tertiary/aromatic N) is 3. The fraction of sp³-hybridized carbons (Fsp3) is 0.368. The molecular formula is C19H22N4O3S2. The van der Waals surface area contributed by atoms with Gasteiger partial charge in [-0.1, -0.05) is 12.5 Å². The molecule has 1 aliphatic rings. The summed E-state index contributed by atoms with van der Waals surface area (Å²) in [6.45, 7) is 2.74. The van der Waals surface area contributed by atoms with Crippen LogP contribution in [0, 0.1) is 0 Å². The number of carbonyl (C=O) groups is 1. The second-order valence-corrected chi connectivity index (χ2v) is 9.76. The van der Waals surface area contributed by atoms with E-state index in [0.717, 1.165) is 29.9 Å². The highest BCUT2D eigenvalue weighted by Gasteiger charge is 2.31. The van der Waals surface area contributed by atoms with Crippen molar-refractivity contribution in [3.63, 3.8) is 0 Å². The molecule has 1 aliphatic heterocycles. The molecule has 1 amide bonds. The van der Waals surface area contributed by atoms with Gasteiger partial charge in [-0.3, -0.25) is 9.20 Å². The van der Waals surface area contributed by atoms with Crippen molar-refractivity contribution in [2.75, 3.05) is 6.54 Å². The summed E-state index contributed by atoms with van der Waals surface area (Å²) in [6, 6.07) is 6.23. The van der Waals surface area contributed by atoms with Gasteiger partial charge in [-0.2, -0.15) is 4.31 Å². The van der Waals surface area contributed by atoms with Crippen LogP contribution in [0.25, 0.3) is 4.96 Å². The van der Waals surface area contributed by atoms with Crippen LogP contribution in [0.2, 0.25) is 0 Å². The summed E-state index contributed by atoms with van der Waals surface area (Å²) in [4.78, 5) is 18.0. The van der Waals surface area contributed by atoms with E-state index in [1.165, 1.54) is 17.4 Å². The third-order valence-corrected chi connectivity index (χ3v) is 7.80. The number of aromatic nitrogens is 2. The number of piperidine rings is 1. The van der Waals surface area contributed by atoms with Crippen molar-refractivity contribution in [1.29, 1.82) is 0 Å². The molecule has 0 saturated carbocycles. The lowest BCUT2D eigenvalue weighted by atomic mass is 10.1. The molecule has 1 N–H and O–H groups in total. The smallest absolute Gasteiger partial charge is 0.251 e. The van der Waals surface area contributed by atoms with E-state index < -0.39 is 10.0 Å². The number of sulfonamides is 1. The van der Waals surface area contributed by atoms with Gasteiger partial charge >= 0.3 is 0 Å². The van der Waals surface area contributed by atoms with E-state index in [-0.39, 0.29) is 23.4 Å². The predicted molar refractivity (Wildman–Crippen MR) is 108 cm³/mol. The van der Waals surface area contributed by atoms with Crippen LogP contribution in [0.15, 0.2) is 46.9 Å². The van der Waals surface area contributed by atoms with Gasteiger partial charge in [0.05, 0.1) is 17.1 Å². The van der Waals surface area contributed by atoms with Gasteiger partial charge in [0.1, 0.15) is 0 Å². The van der Waals surface area contributed by atoms with Crippen LogP contribution in [0.4, 0.5) is 0 Å². The number of thiazole rings is 1. The zero-order valence-corrected chi connectivity index (χ0v) is 17.2. The molecule has 0 aliphatic carbocycles. The minimum Gasteiger partial charge on any atom is -0.346 e. The molecule has 3 aromatic rings. The second-order valence-electron chi connectivity index (χ2n) is 7.00. The fourth-order valence-corrected chi connectivity index (χ4v) is 5.96. The average Bonchev–Trinajstić information content (AvgIpc) is 3.28. The molecular weight excluding hydrogens is 396 g/mol. The molecule has 148 valence electrons. The lowest BCUT2D eigenvalue weighted by molar-refractivity contribution is 0.0950. The van der Waals surface area contributed by atoms with Crippen molar-refractivity contribution in [2.45, 2.75) is 43.7 Å². The fourth-order valence-electron chi connectivity index (χ4n) is 3.50. The van der Waals surface area contributed by atoms with Crippen LogP contribution < -0.4 is 5.32 Å². The Morgan fingerprint density at radius 1 is 1.36 bits per heavy atom. The van der Waals surface area contributed by atoms with E-state index >= 15 is 0 Å². The summed E-state index contributed by atoms with van der Waals surface area (Å²) in [5.74, 6) is -0.319. The third kappa shape index (κ3) is 3.69. The highest BCUT2D eigenvalue weighted by molar-refractivity contribution is 7.89. The minimum atomic E-state index is -3.61. The Hall–Kier alpha value is -2.23. The zero-order chi connectivity index (χ0) is 19.7. The molecule has 0 spiro atoms. The van der Waals surface area contributed by atoms with Crippen molar-refractivity contribution in [3.8, 4) is 0 Å². The first-order valence-electron chi connectivity index (χ1n) is 9.26. The molecule has 0 radical (unpaired) electrons. The van der Waals surface area contributed by atoms with Crippen LogP contribution in [-0.4, -0.2) is 40.6 Å². The Morgan fingerprint density at radius 2 is 2.21 bits per heavy atom. The van der Waals surface area contributed by atoms with Gasteiger partial charge in [-0.15, -0.1) is 11.3 Å². The Morgan fingerprint density at radius 3 is 3.00 bits per heavy atom. The number of amides is 1. The molecule has 7 nitrogen and oxygen atoms in total. The molecule has 4 rings (SSSR count). The highest BCUT2D eigenvalue weighted by atomic mass is 32.2. The lowest BCUT2D eigenvalue weighted by Gasteiger charge is -2.32. The highest BCUT2D eigenvalue weighted by Crippen LogP contribution is 2.25. The molecule has 1 unspecified atom stereocenters. The maximum Gasteiger partial charge on any atom is 0.251 e. The summed E-state index contributed by atoms with van der Waals surface area (Å²) >= 11 is 1.52. The second kappa shape index (κ2) is 7.65. The SMILES string of the molecule is CC1CCCCN1S(=O)(=O)c1cccc(C(=O)NCc2cn3ccsc3n2)c1. The van der Waals surface area contributed by atoms with E-state index in [0.29, 0.717) is 12.1 Å². The van der Waals surface area contributed by atoms with E-state index in [1.54, 1.807) is 22.5 Å². The van der Waals surface area contributed by atoms with Crippen LogP contribution in [0.1, 0.15) is 42.2 Å². The number of nitrogens with one attached hydrogen (secondary N) is 1. The summed E-state index contributed by atoms with van der Waals surface area (Å²) in [5, 5.41) is 4.76. The number of carbonyl (C=O) groups excluding carboxylic acids is 1. The Bertz CT molecular complexity index is 1070. The summed E-state index contributed by atoms with van der Waals surface area (Å²) in [5.41, 5.74) is 1.08. The Labute approximate surface area is 168 Å². The Balaban J connectivity index is 1.49. The minimum absolute atomic E-state index is 0.0222. The third-order valence-electron chi connectivity index (χ3n) is 5.02. The molecule has 9 heteroatoms. The van der Waals surface area contributed by atoms with E-state index in [4.69, 9.17) is 0 Å². The number of hydrogen-bond acceptors (Lipinski definition) is 5. The van der Waals surface area contributed by atoms with Gasteiger partial charge < -0.3 is 5.32 Å². The molecule has 2 aromatic heterocycles. The molecule has 28 heavy (non-hydrogen) atoms. The number of rotatable bonds is 5. The summed E-state index contributed by atoms with van der Waals surface area (Å²) in [6.07, 6.45) is 6.55. The molecule has 0 bridgehead atoms. The van der Waals surface area contributed by atoms with Gasteiger partial charge in [-0.25, -0.2) is 13.4 Å². The van der Waals surface area contributed by atoms with Gasteiger partial charge in [0.2, 0.25) is 10.0 Å². The van der Waals surface area contributed by atoms with Gasteiger partial charge in [0.25, 0.3) is 5.91 Å². The number of hydrogen-bond donors (Lipinski definition) is 1. The molecule has 3 heterocycles. The van der Waals surface area contributed by atoms with Crippen LogP contribution in [0.3, 0.4) is 0 Å².